The third-order valence-corrected chi connectivity index (χ3v) is 37.5. The fraction of sp³-hybridized carbons (Fsp3) is 0.908. The summed E-state index contributed by atoms with van der Waals surface area (Å²) in [6, 6.07) is 1.71. The van der Waals surface area contributed by atoms with Crippen molar-refractivity contribution in [2.24, 2.45) is 129 Å². The minimum absolute atomic E-state index is 0. The highest BCUT2D eigenvalue weighted by Gasteiger charge is 2.65. The molecule has 6 heterocycles. The van der Waals surface area contributed by atoms with Gasteiger partial charge < -0.3 is 28.9 Å². The average Bonchev–Trinajstić information content (AvgIpc) is 1.56. The molecule has 0 unspecified atom stereocenters. The Morgan fingerprint density at radius 1 is 0.400 bits per heavy atom. The van der Waals surface area contributed by atoms with Gasteiger partial charge in [0.2, 0.25) is 0 Å². The zero-order valence-electron chi connectivity index (χ0n) is 72.2. The molecule has 0 aromatic carbocycles. The second kappa shape index (κ2) is 31.2. The molecule has 6 aliphatic heterocycles. The standard InChI is InChI=1S/2C33H55N2O2.C30H48N2O2.2CH4/c2*1-21-16-30-31(34(20-21)14-15-35(5,6)7)23(3)33(37-30)13-11-26-27-9-8-24-17-25(36)10-12-32(24,4)29(27)18-28(26)22(2)19-33;1-18-13-27-28(32(17-18)12-11-31)20(3)30(34-27)10-8-23-24-6-5-21-14-22(33)7-9-29(21,4)26(24)15-25(23)19(2)16-30;;/h2*21,23-24,26-27,29-31H,8-20H2,1-7H3;18,20-21,23-24,26-28H,5-17,31H2,1-4H3;2*1H4/q2*+1;;;/t2*21-,23+,24+,26-,27-,29-,30+,31-,32-,33-;18-,20+,21+,23-,24-,26-,27+,28-,29-,30-;;/m000../s1. The summed E-state index contributed by atoms with van der Waals surface area (Å²) in [6.45, 7) is 40.2. The van der Waals surface area contributed by atoms with Gasteiger partial charge in [0.1, 0.15) is 17.3 Å². The molecule has 0 radical (unpaired) electrons. The lowest BCUT2D eigenvalue weighted by atomic mass is 9.52. The van der Waals surface area contributed by atoms with Crippen molar-refractivity contribution in [3.05, 3.63) is 33.4 Å². The minimum Gasteiger partial charge on any atom is -0.369 e. The highest BCUT2D eigenvalue weighted by molar-refractivity contribution is 5.80. The SMILES string of the molecule is C.C.CC1=C2C[C@H]3[C@@H](CC[C@@H]4CC(=O)CC[C@@]43C)[C@@H]2CC[C@@]2(C1)O[C@@H]1C[C@H](C)CN(CCN)[C@H]1[C@H]2C.CC1=C2C[C@H]3[C@@H](CC[C@@H]4CC(=O)CC[C@@]43C)[C@@H]2CC[C@@]2(C1)O[C@@H]1C[C@H](C)CN(CC[N+](C)(C)C)[C@H]1[C@H]2C.CC1=C2C[C@H]3[C@@H](CC[C@@H]4CC(=O)CC[C@@]43C)[C@@H]2CC[C@@]2(C1)O[C@@H]1C[C@H](C)CN(CC[N+](C)(C)C)[C@H]1[C@H]2C. The van der Waals surface area contributed by atoms with Gasteiger partial charge in [0.05, 0.1) is 90.5 Å². The lowest BCUT2D eigenvalue weighted by molar-refractivity contribution is -0.869. The molecule has 12 heteroatoms. The predicted octanol–water partition coefficient (Wildman–Crippen LogP) is 18.8. The number of Topliss-reactive ketones (excluding diaryl/α,β-unsaturated/α-hetero) is 3. The first kappa shape index (κ1) is 84.3. The van der Waals surface area contributed by atoms with Crippen LogP contribution in [0.1, 0.15) is 291 Å². The molecule has 2 N–H and O–H groups in total. The smallest absolute Gasteiger partial charge is 0.133 e. The van der Waals surface area contributed by atoms with Crippen molar-refractivity contribution < 1.29 is 37.6 Å². The van der Waals surface area contributed by atoms with E-state index in [1.807, 2.05) is 16.7 Å². The number of ketones is 3. The zero-order valence-corrected chi connectivity index (χ0v) is 72.2. The molecule has 30 atom stereocenters. The van der Waals surface area contributed by atoms with E-state index in [9.17, 15) is 14.4 Å². The van der Waals surface area contributed by atoms with Crippen LogP contribution in [-0.2, 0) is 28.6 Å². The van der Waals surface area contributed by atoms with Crippen LogP contribution in [-0.4, -0.2) is 195 Å². The number of piperidine rings is 3. The molecule has 622 valence electrons. The summed E-state index contributed by atoms with van der Waals surface area (Å²) in [5.74, 6) is 14.6. The number of likely N-dealkylation sites (tertiary alicyclic amines) is 3. The number of nitrogens with zero attached hydrogens (tertiary/aromatic N) is 5. The first-order valence-corrected chi connectivity index (χ1v) is 46.2. The molecular weight excluding hydrogens is 1360 g/mol. The summed E-state index contributed by atoms with van der Waals surface area (Å²) >= 11 is 0. The molecule has 12 nitrogen and oxygen atoms in total. The van der Waals surface area contributed by atoms with Gasteiger partial charge in [-0.2, -0.15) is 0 Å². The normalized spacial score (nSPS) is 48.4. The lowest BCUT2D eigenvalue weighted by Crippen LogP contribution is -2.54. The number of hydrogen-bond donors (Lipinski definition) is 1. The largest absolute Gasteiger partial charge is 0.369 e. The van der Waals surface area contributed by atoms with E-state index in [4.69, 9.17) is 19.9 Å². The topological polar surface area (TPSA) is 115 Å². The summed E-state index contributed by atoms with van der Waals surface area (Å²) in [5.41, 5.74) is 17.8. The van der Waals surface area contributed by atoms with E-state index in [-0.39, 0.29) is 31.7 Å². The number of rotatable bonds is 8. The Morgan fingerprint density at radius 2 is 0.682 bits per heavy atom. The van der Waals surface area contributed by atoms with Gasteiger partial charge in [0.25, 0.3) is 0 Å². The van der Waals surface area contributed by atoms with E-state index in [0.29, 0.717) is 111 Å². The van der Waals surface area contributed by atoms with Gasteiger partial charge in [-0.15, -0.1) is 0 Å². The maximum absolute atomic E-state index is 12.3. The fourth-order valence-electron chi connectivity index (χ4n) is 31.8. The molecule has 3 spiro atoms. The van der Waals surface area contributed by atoms with Crippen molar-refractivity contribution in [1.82, 2.24) is 14.7 Å². The maximum atomic E-state index is 12.3. The van der Waals surface area contributed by atoms with Crippen LogP contribution in [0.5, 0.6) is 0 Å². The Bertz CT molecular complexity index is 3320. The van der Waals surface area contributed by atoms with Crippen LogP contribution in [0, 0.1) is 123 Å². The van der Waals surface area contributed by atoms with Crippen molar-refractivity contribution in [3.63, 3.8) is 0 Å². The molecule has 0 aromatic rings. The van der Waals surface area contributed by atoms with Crippen LogP contribution in [0.15, 0.2) is 33.4 Å². The van der Waals surface area contributed by atoms with E-state index in [1.165, 1.54) is 161 Å². The number of hydrogen-bond acceptors (Lipinski definition) is 10. The Balaban J connectivity index is 0.000000136. The van der Waals surface area contributed by atoms with Crippen molar-refractivity contribution in [2.75, 3.05) is 101 Å². The third kappa shape index (κ3) is 14.9. The van der Waals surface area contributed by atoms with Gasteiger partial charge in [-0.3, -0.25) is 29.1 Å². The van der Waals surface area contributed by atoms with Gasteiger partial charge >= 0.3 is 0 Å². The van der Waals surface area contributed by atoms with Crippen LogP contribution >= 0.6 is 0 Å². The number of carbonyl (C=O) groups excluding carboxylic acids is 3. The molecule has 15 fully saturated rings. The molecule has 18 rings (SSSR count). The summed E-state index contributed by atoms with van der Waals surface area (Å²) in [6.07, 6.45) is 36.3. The van der Waals surface area contributed by atoms with E-state index in [1.54, 1.807) is 16.7 Å². The number of fused-ring (bicyclic) bond motifs is 18. The van der Waals surface area contributed by atoms with Crippen molar-refractivity contribution in [2.45, 2.75) is 344 Å². The van der Waals surface area contributed by atoms with Crippen LogP contribution in [0.4, 0.5) is 0 Å². The Kier molecular flexibility index (Phi) is 23.9. The predicted molar refractivity (Wildman–Crippen MR) is 450 cm³/mol. The number of allylic oxidation sites excluding steroid dienone is 3. The zero-order chi connectivity index (χ0) is 76.5. The van der Waals surface area contributed by atoms with Gasteiger partial charge in [-0.05, 0) is 280 Å². The van der Waals surface area contributed by atoms with Crippen LogP contribution in [0.25, 0.3) is 0 Å². The summed E-state index contributed by atoms with van der Waals surface area (Å²) in [7, 11) is 14.0. The number of nitrogens with two attached hydrogens (primary N) is 1. The second-order valence-corrected chi connectivity index (χ2v) is 45.7. The first-order valence-electron chi connectivity index (χ1n) is 46.2. The second-order valence-electron chi connectivity index (χ2n) is 45.7. The molecule has 12 aliphatic carbocycles. The number of likely N-dealkylation sites (N-methyl/N-ethyl adjacent to an activating group) is 2. The van der Waals surface area contributed by atoms with Crippen LogP contribution < -0.4 is 5.73 Å². The van der Waals surface area contributed by atoms with E-state index < -0.39 is 0 Å². The Labute approximate surface area is 672 Å². The molecular formula is C98H166N6O6+2. The highest BCUT2D eigenvalue weighted by atomic mass is 16.5. The lowest BCUT2D eigenvalue weighted by Gasteiger charge is -2.52. The third-order valence-electron chi connectivity index (χ3n) is 37.5. The van der Waals surface area contributed by atoms with Crippen molar-refractivity contribution >= 4 is 17.3 Å². The van der Waals surface area contributed by atoms with Gasteiger partial charge in [0, 0.05) is 120 Å². The molecule has 6 saturated heterocycles. The van der Waals surface area contributed by atoms with Gasteiger partial charge in [-0.25, -0.2) is 0 Å². The van der Waals surface area contributed by atoms with Gasteiger partial charge in [-0.1, -0.05) is 111 Å². The molecule has 110 heavy (non-hydrogen) atoms. The highest BCUT2D eigenvalue weighted by Crippen LogP contribution is 2.70. The van der Waals surface area contributed by atoms with E-state index in [0.717, 1.165) is 164 Å². The van der Waals surface area contributed by atoms with Crippen LogP contribution in [0.3, 0.4) is 0 Å². The average molecular weight is 1520 g/mol. The van der Waals surface area contributed by atoms with E-state index in [2.05, 4.69) is 140 Å². The molecule has 0 amide bonds. The van der Waals surface area contributed by atoms with E-state index >= 15 is 0 Å². The number of carbonyl (C=O) groups is 3. The molecule has 9 saturated carbocycles. The Morgan fingerprint density at radius 3 is 0.955 bits per heavy atom. The van der Waals surface area contributed by atoms with Gasteiger partial charge in [0.15, 0.2) is 0 Å². The number of quaternary nitrogens is 2. The summed E-state index contributed by atoms with van der Waals surface area (Å²) in [5, 5.41) is 0. The quantitative estimate of drug-likeness (QED) is 0.186. The number of ether oxygens (including phenoxy) is 3. The summed E-state index contributed by atoms with van der Waals surface area (Å²) < 4.78 is 23.8. The van der Waals surface area contributed by atoms with Crippen molar-refractivity contribution in [1.29, 1.82) is 0 Å². The summed E-state index contributed by atoms with van der Waals surface area (Å²) in [4.78, 5) is 45.1. The fourth-order valence-corrected chi connectivity index (χ4v) is 31.8. The molecule has 0 aromatic heterocycles. The monoisotopic (exact) mass is 1520 g/mol. The maximum Gasteiger partial charge on any atom is 0.133 e. The Hall–Kier alpha value is -2.13. The minimum atomic E-state index is 0. The van der Waals surface area contributed by atoms with Crippen LogP contribution in [0.2, 0.25) is 0 Å². The van der Waals surface area contributed by atoms with Crippen molar-refractivity contribution in [3.8, 4) is 0 Å². The molecule has 0 bridgehead atoms. The molecule has 18 aliphatic rings. The first-order chi connectivity index (χ1) is 51.1.